The van der Waals surface area contributed by atoms with Gasteiger partial charge in [0.05, 0.1) is 5.56 Å². The van der Waals surface area contributed by atoms with E-state index in [9.17, 15) is 9.59 Å². The zero-order valence-electron chi connectivity index (χ0n) is 15.0. The highest BCUT2D eigenvalue weighted by Crippen LogP contribution is 2.28. The molecule has 0 atom stereocenters. The number of carbonyl (C=O) groups excluding carboxylic acids is 2. The van der Waals surface area contributed by atoms with Crippen LogP contribution in [-0.2, 0) is 16.1 Å². The van der Waals surface area contributed by atoms with Crippen LogP contribution in [-0.4, -0.2) is 17.0 Å². The smallest absolute Gasteiger partial charge is 0.338 e. The summed E-state index contributed by atoms with van der Waals surface area (Å²) in [4.78, 5) is 23.2. The predicted molar refractivity (Wildman–Crippen MR) is 102 cm³/mol. The van der Waals surface area contributed by atoms with Gasteiger partial charge in [0.25, 0.3) is 0 Å². The number of hydrogen-bond acceptors (Lipinski definition) is 6. The maximum absolute atomic E-state index is 12.2. The van der Waals surface area contributed by atoms with Crippen molar-refractivity contribution in [3.63, 3.8) is 0 Å². The molecule has 0 saturated heterocycles. The number of furan rings is 1. The molecule has 28 heavy (non-hydrogen) atoms. The lowest BCUT2D eigenvalue weighted by atomic mass is 10.2. The molecule has 4 rings (SSSR count). The summed E-state index contributed by atoms with van der Waals surface area (Å²) in [6, 6.07) is 17.6. The van der Waals surface area contributed by atoms with Gasteiger partial charge in [-0.2, -0.15) is 0 Å². The quantitative estimate of drug-likeness (QED) is 0.519. The van der Waals surface area contributed by atoms with Crippen molar-refractivity contribution in [2.24, 2.45) is 0 Å². The number of anilines is 1. The van der Waals surface area contributed by atoms with Crippen LogP contribution in [0.2, 0.25) is 0 Å². The first-order chi connectivity index (χ1) is 13.6. The number of nitrogens with one attached hydrogen (secondary N) is 1. The fourth-order valence-electron chi connectivity index (χ4n) is 2.72. The van der Waals surface area contributed by atoms with Crippen LogP contribution in [0.4, 0.5) is 5.69 Å². The number of hydrogen-bond donors (Lipinski definition) is 1. The van der Waals surface area contributed by atoms with E-state index in [1.165, 1.54) is 6.92 Å². The first-order valence-electron chi connectivity index (χ1n) is 8.58. The molecule has 0 aliphatic carbocycles. The Kier molecular flexibility index (Phi) is 4.63. The Morgan fingerprint density at radius 2 is 1.82 bits per heavy atom. The van der Waals surface area contributed by atoms with E-state index in [2.05, 4.69) is 10.5 Å². The summed E-state index contributed by atoms with van der Waals surface area (Å²) in [7, 11) is 0. The molecular formula is C21H16N2O5. The zero-order chi connectivity index (χ0) is 19.5. The van der Waals surface area contributed by atoms with Crippen LogP contribution < -0.4 is 5.32 Å². The van der Waals surface area contributed by atoms with Crippen LogP contribution in [0, 0.1) is 0 Å². The summed E-state index contributed by atoms with van der Waals surface area (Å²) in [6.07, 6.45) is 0. The van der Waals surface area contributed by atoms with Gasteiger partial charge in [0.1, 0.15) is 17.9 Å². The Labute approximate surface area is 159 Å². The number of aromatic nitrogens is 1. The van der Waals surface area contributed by atoms with Gasteiger partial charge in [0.2, 0.25) is 11.7 Å². The van der Waals surface area contributed by atoms with Gasteiger partial charge in [-0.1, -0.05) is 23.4 Å². The summed E-state index contributed by atoms with van der Waals surface area (Å²) >= 11 is 0. The van der Waals surface area contributed by atoms with Crippen molar-refractivity contribution >= 4 is 28.5 Å². The van der Waals surface area contributed by atoms with E-state index in [-0.39, 0.29) is 12.5 Å². The molecule has 4 aromatic rings. The van der Waals surface area contributed by atoms with Crippen molar-refractivity contribution in [1.29, 1.82) is 0 Å². The zero-order valence-corrected chi connectivity index (χ0v) is 15.0. The highest BCUT2D eigenvalue weighted by Gasteiger charge is 2.14. The molecule has 2 aromatic heterocycles. The summed E-state index contributed by atoms with van der Waals surface area (Å²) in [6.45, 7) is 1.38. The van der Waals surface area contributed by atoms with Gasteiger partial charge >= 0.3 is 5.97 Å². The number of rotatable bonds is 5. The van der Waals surface area contributed by atoms with Gasteiger partial charge in [-0.05, 0) is 36.4 Å². The van der Waals surface area contributed by atoms with Gasteiger partial charge in [0, 0.05) is 24.1 Å². The van der Waals surface area contributed by atoms with Gasteiger partial charge in [-0.15, -0.1) is 0 Å². The molecule has 0 radical (unpaired) electrons. The van der Waals surface area contributed by atoms with Crippen LogP contribution in [0.5, 0.6) is 0 Å². The van der Waals surface area contributed by atoms with E-state index in [1.54, 1.807) is 30.3 Å². The third kappa shape index (κ3) is 3.78. The summed E-state index contributed by atoms with van der Waals surface area (Å²) in [5.41, 5.74) is 2.20. The van der Waals surface area contributed by atoms with Crippen molar-refractivity contribution in [3.05, 3.63) is 71.9 Å². The van der Waals surface area contributed by atoms with Gasteiger partial charge in [-0.25, -0.2) is 4.79 Å². The molecule has 0 aliphatic rings. The normalized spacial score (nSPS) is 10.8. The molecular weight excluding hydrogens is 360 g/mol. The van der Waals surface area contributed by atoms with E-state index in [0.717, 1.165) is 11.0 Å². The van der Waals surface area contributed by atoms with Crippen molar-refractivity contribution in [1.82, 2.24) is 5.16 Å². The number of fused-ring (bicyclic) bond motifs is 1. The minimum atomic E-state index is -0.498. The predicted octanol–water partition coefficient (Wildman–Crippen LogP) is 4.40. The lowest BCUT2D eigenvalue weighted by molar-refractivity contribution is -0.114. The largest absolute Gasteiger partial charge is 0.455 e. The Morgan fingerprint density at radius 1 is 1.04 bits per heavy atom. The molecule has 0 aliphatic heterocycles. The van der Waals surface area contributed by atoms with E-state index in [4.69, 9.17) is 13.7 Å². The van der Waals surface area contributed by atoms with E-state index >= 15 is 0 Å². The van der Waals surface area contributed by atoms with Gasteiger partial charge < -0.3 is 19.0 Å². The minimum Gasteiger partial charge on any atom is -0.455 e. The molecule has 0 fully saturated rings. The fraction of sp³-hybridized carbons (Fsp3) is 0.0952. The lowest BCUT2D eigenvalue weighted by Crippen LogP contribution is -2.07. The lowest BCUT2D eigenvalue weighted by Gasteiger charge is -2.04. The van der Waals surface area contributed by atoms with E-state index < -0.39 is 5.97 Å². The molecule has 0 unspecified atom stereocenters. The summed E-state index contributed by atoms with van der Waals surface area (Å²) in [5, 5.41) is 7.51. The average Bonchev–Trinajstić information content (AvgIpc) is 3.33. The molecule has 0 saturated carbocycles. The van der Waals surface area contributed by atoms with Crippen LogP contribution in [0.15, 0.2) is 69.6 Å². The summed E-state index contributed by atoms with van der Waals surface area (Å²) < 4.78 is 16.3. The molecule has 2 aromatic carbocycles. The van der Waals surface area contributed by atoms with Crippen LogP contribution in [0.1, 0.15) is 23.0 Å². The Bertz CT molecular complexity index is 1110. The average molecular weight is 376 g/mol. The van der Waals surface area contributed by atoms with Crippen molar-refractivity contribution < 1.29 is 23.3 Å². The number of nitrogens with zero attached hydrogens (tertiary/aromatic N) is 1. The number of ether oxygens (including phenoxy) is 1. The first-order valence-corrected chi connectivity index (χ1v) is 8.58. The minimum absolute atomic E-state index is 0.0317. The Hall–Kier alpha value is -3.87. The summed E-state index contributed by atoms with van der Waals surface area (Å²) in [5.74, 6) is 0.339. The number of para-hydroxylation sites is 1. The second-order valence-electron chi connectivity index (χ2n) is 6.17. The van der Waals surface area contributed by atoms with E-state index in [1.807, 2.05) is 30.3 Å². The van der Waals surface area contributed by atoms with Gasteiger partial charge in [-0.3, -0.25) is 4.79 Å². The maximum Gasteiger partial charge on any atom is 0.338 e. The first kappa shape index (κ1) is 17.5. The highest BCUT2D eigenvalue weighted by atomic mass is 16.5. The number of benzene rings is 2. The third-order valence-corrected chi connectivity index (χ3v) is 4.02. The van der Waals surface area contributed by atoms with Crippen LogP contribution in [0.3, 0.4) is 0 Å². The molecule has 2 heterocycles. The van der Waals surface area contributed by atoms with Crippen molar-refractivity contribution in [3.8, 4) is 11.5 Å². The second-order valence-corrected chi connectivity index (χ2v) is 6.17. The van der Waals surface area contributed by atoms with Crippen molar-refractivity contribution in [2.45, 2.75) is 13.5 Å². The molecule has 7 heteroatoms. The molecule has 7 nitrogen and oxygen atoms in total. The standard InChI is InChI=1S/C21H16N2O5/c1-13(24)22-16-8-6-14(7-9-16)21(25)26-12-17-11-20(28-23-17)19-10-15-4-2-3-5-18(15)27-19/h2-11H,12H2,1H3,(H,22,24). The second kappa shape index (κ2) is 7.40. The molecule has 0 bridgehead atoms. The maximum atomic E-state index is 12.2. The van der Waals surface area contributed by atoms with Crippen LogP contribution >= 0.6 is 0 Å². The van der Waals surface area contributed by atoms with E-state index in [0.29, 0.717) is 28.5 Å². The monoisotopic (exact) mass is 376 g/mol. The van der Waals surface area contributed by atoms with Gasteiger partial charge in [0.15, 0.2) is 5.76 Å². The number of amides is 1. The van der Waals surface area contributed by atoms with Crippen LogP contribution in [0.25, 0.3) is 22.5 Å². The molecule has 140 valence electrons. The Morgan fingerprint density at radius 3 is 2.57 bits per heavy atom. The number of esters is 1. The third-order valence-electron chi connectivity index (χ3n) is 4.02. The molecule has 0 spiro atoms. The highest BCUT2D eigenvalue weighted by molar-refractivity contribution is 5.92. The fourth-order valence-corrected chi connectivity index (χ4v) is 2.72. The topological polar surface area (TPSA) is 94.6 Å². The van der Waals surface area contributed by atoms with Crippen molar-refractivity contribution in [2.75, 3.05) is 5.32 Å². The molecule has 1 N–H and O–H groups in total. The Balaban J connectivity index is 1.40. The number of carbonyl (C=O) groups is 2. The SMILES string of the molecule is CC(=O)Nc1ccc(C(=O)OCc2cc(-c3cc4ccccc4o3)on2)cc1. The molecule has 1 amide bonds.